The third kappa shape index (κ3) is 3.51. The van der Waals surface area contributed by atoms with E-state index in [1.807, 2.05) is 32.9 Å². The number of likely N-dealkylation sites (tertiary alicyclic amines) is 1. The number of rotatable bonds is 3. The molecule has 1 heterocycles. The van der Waals surface area contributed by atoms with Gasteiger partial charge in [0.2, 0.25) is 0 Å². The molecule has 1 aromatic carbocycles. The van der Waals surface area contributed by atoms with Crippen molar-refractivity contribution in [3.8, 4) is 5.75 Å². The quantitative estimate of drug-likeness (QED) is 0.922. The van der Waals surface area contributed by atoms with Crippen LogP contribution in [0.25, 0.3) is 0 Å². The highest BCUT2D eigenvalue weighted by Crippen LogP contribution is 2.21. The van der Waals surface area contributed by atoms with Crippen molar-refractivity contribution in [1.82, 2.24) is 4.90 Å². The predicted molar refractivity (Wildman–Crippen MR) is 77.9 cm³/mol. The average molecular weight is 277 g/mol. The van der Waals surface area contributed by atoms with Gasteiger partial charge in [0.25, 0.3) is 5.91 Å². The van der Waals surface area contributed by atoms with Crippen molar-refractivity contribution >= 4 is 5.91 Å². The molecule has 0 spiro atoms. The molecule has 1 aromatic rings. The van der Waals surface area contributed by atoms with Crippen molar-refractivity contribution in [3.63, 3.8) is 0 Å². The molecule has 2 unspecified atom stereocenters. The molecule has 0 aromatic heterocycles. The van der Waals surface area contributed by atoms with Gasteiger partial charge in [0.15, 0.2) is 0 Å². The first-order chi connectivity index (χ1) is 9.47. The molecular weight excluding hydrogens is 254 g/mol. The van der Waals surface area contributed by atoms with Gasteiger partial charge in [0, 0.05) is 18.7 Å². The minimum Gasteiger partial charge on any atom is -0.491 e. The number of β-amino-alcohol motifs (C(OH)–C–C–N with tert-alkyl or cyclic N) is 1. The molecule has 2 atom stereocenters. The highest BCUT2D eigenvalue weighted by Gasteiger charge is 2.27. The number of carbonyl (C=O) groups excluding carboxylic acids is 1. The van der Waals surface area contributed by atoms with E-state index in [1.54, 1.807) is 17.0 Å². The Kier molecular flexibility index (Phi) is 4.65. The van der Waals surface area contributed by atoms with Crippen LogP contribution in [0.3, 0.4) is 0 Å². The lowest BCUT2D eigenvalue weighted by atomic mass is 9.95. The third-order valence-corrected chi connectivity index (χ3v) is 3.66. The molecule has 0 radical (unpaired) electrons. The maximum absolute atomic E-state index is 12.4. The molecule has 110 valence electrons. The van der Waals surface area contributed by atoms with Gasteiger partial charge in [-0.1, -0.05) is 13.0 Å². The summed E-state index contributed by atoms with van der Waals surface area (Å²) in [6, 6.07) is 7.24. The fourth-order valence-electron chi connectivity index (χ4n) is 2.39. The molecule has 0 aliphatic carbocycles. The van der Waals surface area contributed by atoms with Gasteiger partial charge in [-0.3, -0.25) is 4.79 Å². The Morgan fingerprint density at radius 3 is 2.85 bits per heavy atom. The topological polar surface area (TPSA) is 49.8 Å². The molecule has 0 bridgehead atoms. The molecule has 4 nitrogen and oxygen atoms in total. The van der Waals surface area contributed by atoms with Crippen LogP contribution in [0.4, 0.5) is 0 Å². The van der Waals surface area contributed by atoms with Crippen LogP contribution in [-0.2, 0) is 0 Å². The SMILES string of the molecule is CC(C)Oc1cccc(C(=O)N2CCC(C)C(O)C2)c1. The molecule has 1 amide bonds. The van der Waals surface area contributed by atoms with Crippen molar-refractivity contribution < 1.29 is 14.6 Å². The van der Waals surface area contributed by atoms with E-state index in [2.05, 4.69) is 0 Å². The zero-order valence-corrected chi connectivity index (χ0v) is 12.4. The molecule has 1 fully saturated rings. The minimum absolute atomic E-state index is 0.0369. The molecule has 1 saturated heterocycles. The Morgan fingerprint density at radius 2 is 2.20 bits per heavy atom. The normalized spacial score (nSPS) is 22.9. The number of aliphatic hydroxyl groups is 1. The van der Waals surface area contributed by atoms with Crippen molar-refractivity contribution in [2.75, 3.05) is 13.1 Å². The number of piperidine rings is 1. The van der Waals surface area contributed by atoms with Crippen molar-refractivity contribution in [1.29, 1.82) is 0 Å². The second-order valence-corrected chi connectivity index (χ2v) is 5.78. The first-order valence-corrected chi connectivity index (χ1v) is 7.21. The Labute approximate surface area is 120 Å². The second kappa shape index (κ2) is 6.27. The van der Waals surface area contributed by atoms with Crippen molar-refractivity contribution in [2.45, 2.75) is 39.4 Å². The summed E-state index contributed by atoms with van der Waals surface area (Å²) in [6.45, 7) is 7.04. The largest absolute Gasteiger partial charge is 0.491 e. The Hall–Kier alpha value is -1.55. The number of hydrogen-bond donors (Lipinski definition) is 1. The van der Waals surface area contributed by atoms with Crippen molar-refractivity contribution in [2.24, 2.45) is 5.92 Å². The van der Waals surface area contributed by atoms with E-state index in [1.165, 1.54) is 0 Å². The standard InChI is InChI=1S/C16H23NO3/c1-11(2)20-14-6-4-5-13(9-14)16(19)17-8-7-12(3)15(18)10-17/h4-6,9,11-12,15,18H,7-8,10H2,1-3H3. The fraction of sp³-hybridized carbons (Fsp3) is 0.562. The van der Waals surface area contributed by atoms with Crippen LogP contribution in [0, 0.1) is 5.92 Å². The van der Waals surface area contributed by atoms with E-state index in [4.69, 9.17) is 4.74 Å². The molecule has 1 aliphatic heterocycles. The first kappa shape index (κ1) is 14.9. The maximum Gasteiger partial charge on any atom is 0.254 e. The Balaban J connectivity index is 2.09. The highest BCUT2D eigenvalue weighted by atomic mass is 16.5. The summed E-state index contributed by atoms with van der Waals surface area (Å²) in [4.78, 5) is 14.2. The zero-order chi connectivity index (χ0) is 14.7. The lowest BCUT2D eigenvalue weighted by molar-refractivity contribution is 0.0248. The Bertz CT molecular complexity index is 473. The van der Waals surface area contributed by atoms with Gasteiger partial charge in [0.05, 0.1) is 12.2 Å². The summed E-state index contributed by atoms with van der Waals surface area (Å²) in [6.07, 6.45) is 0.496. The van der Waals surface area contributed by atoms with Crippen LogP contribution in [0.1, 0.15) is 37.6 Å². The summed E-state index contributed by atoms with van der Waals surface area (Å²) < 4.78 is 5.61. The zero-order valence-electron chi connectivity index (χ0n) is 12.4. The summed E-state index contributed by atoms with van der Waals surface area (Å²) in [5, 5.41) is 9.90. The monoisotopic (exact) mass is 277 g/mol. The van der Waals surface area contributed by atoms with Gasteiger partial charge in [0.1, 0.15) is 5.75 Å². The van der Waals surface area contributed by atoms with Gasteiger partial charge < -0.3 is 14.7 Å². The molecule has 20 heavy (non-hydrogen) atoms. The molecule has 0 saturated carbocycles. The van der Waals surface area contributed by atoms with Crippen LogP contribution < -0.4 is 4.74 Å². The van der Waals surface area contributed by atoms with Crippen molar-refractivity contribution in [3.05, 3.63) is 29.8 Å². The van der Waals surface area contributed by atoms with E-state index in [0.29, 0.717) is 24.4 Å². The number of amides is 1. The van der Waals surface area contributed by atoms with Gasteiger partial charge >= 0.3 is 0 Å². The average Bonchev–Trinajstić information content (AvgIpc) is 2.40. The lowest BCUT2D eigenvalue weighted by Crippen LogP contribution is -2.45. The fourth-order valence-corrected chi connectivity index (χ4v) is 2.39. The summed E-state index contributed by atoms with van der Waals surface area (Å²) in [7, 11) is 0. The third-order valence-electron chi connectivity index (χ3n) is 3.66. The number of nitrogens with zero attached hydrogens (tertiary/aromatic N) is 1. The minimum atomic E-state index is -0.428. The highest BCUT2D eigenvalue weighted by molar-refractivity contribution is 5.94. The second-order valence-electron chi connectivity index (χ2n) is 5.78. The van der Waals surface area contributed by atoms with E-state index in [9.17, 15) is 9.90 Å². The van der Waals surface area contributed by atoms with E-state index < -0.39 is 6.10 Å². The van der Waals surface area contributed by atoms with E-state index in [0.717, 1.165) is 6.42 Å². The van der Waals surface area contributed by atoms with Crippen LogP contribution in [0.15, 0.2) is 24.3 Å². The number of aliphatic hydroxyl groups excluding tert-OH is 1. The molecule has 1 aliphatic rings. The summed E-state index contributed by atoms with van der Waals surface area (Å²) in [5.74, 6) is 0.927. The number of benzene rings is 1. The van der Waals surface area contributed by atoms with Gasteiger partial charge in [-0.25, -0.2) is 0 Å². The molecular formula is C16H23NO3. The number of hydrogen-bond acceptors (Lipinski definition) is 3. The number of carbonyl (C=O) groups is 1. The molecule has 2 rings (SSSR count). The molecule has 4 heteroatoms. The van der Waals surface area contributed by atoms with Crippen LogP contribution in [-0.4, -0.2) is 41.2 Å². The summed E-state index contributed by atoms with van der Waals surface area (Å²) >= 11 is 0. The molecule has 1 N–H and O–H groups in total. The number of ether oxygens (including phenoxy) is 1. The Morgan fingerprint density at radius 1 is 1.45 bits per heavy atom. The smallest absolute Gasteiger partial charge is 0.254 e. The van der Waals surface area contributed by atoms with Crippen LogP contribution in [0.5, 0.6) is 5.75 Å². The predicted octanol–water partition coefficient (Wildman–Crippen LogP) is 2.32. The van der Waals surface area contributed by atoms with Gasteiger partial charge in [-0.15, -0.1) is 0 Å². The van der Waals surface area contributed by atoms with E-state index in [-0.39, 0.29) is 17.9 Å². The summed E-state index contributed by atoms with van der Waals surface area (Å²) in [5.41, 5.74) is 0.616. The van der Waals surface area contributed by atoms with Gasteiger partial charge in [-0.2, -0.15) is 0 Å². The van der Waals surface area contributed by atoms with E-state index >= 15 is 0 Å². The lowest BCUT2D eigenvalue weighted by Gasteiger charge is -2.34. The van der Waals surface area contributed by atoms with Crippen LogP contribution >= 0.6 is 0 Å². The van der Waals surface area contributed by atoms with Gasteiger partial charge in [-0.05, 0) is 44.4 Å². The maximum atomic E-state index is 12.4. The first-order valence-electron chi connectivity index (χ1n) is 7.21. The van der Waals surface area contributed by atoms with Crippen LogP contribution in [0.2, 0.25) is 0 Å².